The second kappa shape index (κ2) is 14.0. The molecule has 0 aliphatic heterocycles. The minimum atomic E-state index is -3.47. The van der Waals surface area contributed by atoms with E-state index in [1.165, 1.54) is 32.1 Å². The molecule has 0 aliphatic rings. The van der Waals surface area contributed by atoms with Gasteiger partial charge in [-0.1, -0.05) is 78.1 Å². The Balaban J connectivity index is 3.90. The van der Waals surface area contributed by atoms with Crippen LogP contribution in [0.3, 0.4) is 0 Å². The monoisotopic (exact) mass is 330 g/mol. The lowest BCUT2D eigenvalue weighted by molar-refractivity contribution is 0.549. The first-order valence-corrected chi connectivity index (χ1v) is 10.5. The number of nitriles is 1. The summed E-state index contributed by atoms with van der Waals surface area (Å²) >= 11 is 0. The number of unbranched alkanes of at least 4 members (excludes halogenated alkanes) is 9. The van der Waals surface area contributed by atoms with Gasteiger partial charge in [-0.25, -0.2) is 13.1 Å². The van der Waals surface area contributed by atoms with Crippen molar-refractivity contribution in [2.24, 2.45) is 0 Å². The maximum Gasteiger partial charge on any atom is 0.227 e. The largest absolute Gasteiger partial charge is 0.227 e. The molecule has 0 amide bonds. The summed E-state index contributed by atoms with van der Waals surface area (Å²) < 4.78 is 26.8. The topological polar surface area (TPSA) is 70.0 Å². The van der Waals surface area contributed by atoms with Crippen molar-refractivity contribution in [2.75, 3.05) is 6.54 Å². The van der Waals surface area contributed by atoms with Crippen molar-refractivity contribution in [3.05, 3.63) is 0 Å². The van der Waals surface area contributed by atoms with E-state index in [0.717, 1.165) is 38.5 Å². The van der Waals surface area contributed by atoms with Gasteiger partial charge in [-0.15, -0.1) is 0 Å². The standard InChI is InChI=1S/C17H34N2O2S/c1-3-5-7-9-10-12-14-17(16-18)22(20,21)19-15-13-11-8-6-4-2/h17,19H,3-15H2,1-2H3. The van der Waals surface area contributed by atoms with Crippen molar-refractivity contribution in [3.8, 4) is 6.07 Å². The third-order valence-corrected chi connectivity index (χ3v) is 5.62. The van der Waals surface area contributed by atoms with Gasteiger partial charge in [0.15, 0.2) is 5.25 Å². The highest BCUT2D eigenvalue weighted by Crippen LogP contribution is 2.12. The summed E-state index contributed by atoms with van der Waals surface area (Å²) in [6, 6.07) is 1.96. The normalized spacial score (nSPS) is 13.0. The van der Waals surface area contributed by atoms with Gasteiger partial charge in [0.25, 0.3) is 0 Å². The van der Waals surface area contributed by atoms with Crippen molar-refractivity contribution >= 4 is 10.0 Å². The van der Waals surface area contributed by atoms with Gasteiger partial charge in [-0.2, -0.15) is 5.26 Å². The average Bonchev–Trinajstić information content (AvgIpc) is 2.49. The molecule has 0 radical (unpaired) electrons. The first-order valence-electron chi connectivity index (χ1n) is 8.96. The Morgan fingerprint density at radius 3 is 1.91 bits per heavy atom. The van der Waals surface area contributed by atoms with Gasteiger partial charge in [0.2, 0.25) is 10.0 Å². The van der Waals surface area contributed by atoms with Gasteiger partial charge in [0.05, 0.1) is 6.07 Å². The first kappa shape index (κ1) is 21.4. The fourth-order valence-electron chi connectivity index (χ4n) is 2.44. The molecule has 5 heteroatoms. The Kier molecular flexibility index (Phi) is 13.6. The molecule has 1 unspecified atom stereocenters. The molecule has 0 aromatic carbocycles. The molecule has 1 N–H and O–H groups in total. The molecule has 0 rings (SSSR count). The van der Waals surface area contributed by atoms with E-state index >= 15 is 0 Å². The van der Waals surface area contributed by atoms with E-state index in [1.54, 1.807) is 0 Å². The van der Waals surface area contributed by atoms with Crippen LogP contribution in [0.1, 0.15) is 90.9 Å². The highest BCUT2D eigenvalue weighted by atomic mass is 32.2. The number of sulfonamides is 1. The number of hydrogen-bond acceptors (Lipinski definition) is 3. The quantitative estimate of drug-likeness (QED) is 0.449. The lowest BCUT2D eigenvalue weighted by Gasteiger charge is -2.12. The fraction of sp³-hybridized carbons (Fsp3) is 0.941. The molecule has 1 atom stereocenters. The summed E-state index contributed by atoms with van der Waals surface area (Å²) in [5.74, 6) is 0. The predicted octanol–water partition coefficient (Wildman–Crippen LogP) is 4.52. The highest BCUT2D eigenvalue weighted by Gasteiger charge is 2.23. The van der Waals surface area contributed by atoms with Crippen LogP contribution in [0.4, 0.5) is 0 Å². The second-order valence-corrected chi connectivity index (χ2v) is 7.98. The van der Waals surface area contributed by atoms with E-state index in [2.05, 4.69) is 18.6 Å². The Hall–Kier alpha value is -0.600. The van der Waals surface area contributed by atoms with Crippen molar-refractivity contribution in [2.45, 2.75) is 96.1 Å². The van der Waals surface area contributed by atoms with Crippen LogP contribution in [0.15, 0.2) is 0 Å². The summed E-state index contributed by atoms with van der Waals surface area (Å²) in [5.41, 5.74) is 0. The lowest BCUT2D eigenvalue weighted by Crippen LogP contribution is -2.34. The van der Waals surface area contributed by atoms with E-state index in [9.17, 15) is 8.42 Å². The van der Waals surface area contributed by atoms with Crippen LogP contribution >= 0.6 is 0 Å². The summed E-state index contributed by atoms with van der Waals surface area (Å²) in [6.45, 7) is 4.79. The maximum atomic E-state index is 12.1. The molecule has 130 valence electrons. The third kappa shape index (κ3) is 11.0. The molecule has 22 heavy (non-hydrogen) atoms. The summed E-state index contributed by atoms with van der Waals surface area (Å²) in [5, 5.41) is 8.21. The summed E-state index contributed by atoms with van der Waals surface area (Å²) in [7, 11) is -3.47. The first-order chi connectivity index (χ1) is 10.6. The molecular formula is C17H34N2O2S. The molecule has 4 nitrogen and oxygen atoms in total. The second-order valence-electron chi connectivity index (χ2n) is 6.03. The minimum absolute atomic E-state index is 0.452. The molecule has 0 saturated heterocycles. The zero-order chi connectivity index (χ0) is 16.7. The van der Waals surface area contributed by atoms with Gasteiger partial charge in [-0.3, -0.25) is 0 Å². The SMILES string of the molecule is CCCCCCCCC(C#N)S(=O)(=O)NCCCCCCC. The van der Waals surface area contributed by atoms with Crippen molar-refractivity contribution in [1.29, 1.82) is 5.26 Å². The van der Waals surface area contributed by atoms with Crippen LogP contribution < -0.4 is 4.72 Å². The fourth-order valence-corrected chi connectivity index (χ4v) is 3.69. The summed E-state index contributed by atoms with van der Waals surface area (Å²) in [6.07, 6.45) is 12.5. The zero-order valence-electron chi connectivity index (χ0n) is 14.4. The van der Waals surface area contributed by atoms with Gasteiger partial charge < -0.3 is 0 Å². The van der Waals surface area contributed by atoms with Crippen LogP contribution in [-0.2, 0) is 10.0 Å². The molecular weight excluding hydrogens is 296 g/mol. The Bertz CT molecular complexity index is 388. The maximum absolute atomic E-state index is 12.1. The van der Waals surface area contributed by atoms with E-state index < -0.39 is 15.3 Å². The van der Waals surface area contributed by atoms with Crippen molar-refractivity contribution < 1.29 is 8.42 Å². The van der Waals surface area contributed by atoms with E-state index in [4.69, 9.17) is 5.26 Å². The molecule has 0 saturated carbocycles. The molecule has 0 aromatic rings. The molecule has 0 bridgehead atoms. The Morgan fingerprint density at radius 1 is 0.864 bits per heavy atom. The number of nitrogens with zero attached hydrogens (tertiary/aromatic N) is 1. The van der Waals surface area contributed by atoms with Gasteiger partial charge >= 0.3 is 0 Å². The number of nitrogens with one attached hydrogen (secondary N) is 1. The highest BCUT2D eigenvalue weighted by molar-refractivity contribution is 7.90. The van der Waals surface area contributed by atoms with E-state index in [0.29, 0.717) is 13.0 Å². The molecule has 0 aromatic heterocycles. The minimum Gasteiger partial charge on any atom is -0.214 e. The molecule has 0 aliphatic carbocycles. The number of hydrogen-bond donors (Lipinski definition) is 1. The third-order valence-electron chi connectivity index (χ3n) is 3.92. The van der Waals surface area contributed by atoms with Crippen molar-refractivity contribution in [3.63, 3.8) is 0 Å². The molecule has 0 heterocycles. The van der Waals surface area contributed by atoms with E-state index in [1.807, 2.05) is 6.07 Å². The van der Waals surface area contributed by atoms with Gasteiger partial charge in [0.1, 0.15) is 0 Å². The van der Waals surface area contributed by atoms with Crippen molar-refractivity contribution in [1.82, 2.24) is 4.72 Å². The summed E-state index contributed by atoms with van der Waals surface area (Å²) in [4.78, 5) is 0. The molecule has 0 fully saturated rings. The van der Waals surface area contributed by atoms with Crippen LogP contribution in [0, 0.1) is 11.3 Å². The Labute approximate surface area is 137 Å². The zero-order valence-corrected chi connectivity index (χ0v) is 15.3. The smallest absolute Gasteiger partial charge is 0.214 e. The predicted molar refractivity (Wildman–Crippen MR) is 93.1 cm³/mol. The van der Waals surface area contributed by atoms with Crippen LogP contribution in [0.2, 0.25) is 0 Å². The van der Waals surface area contributed by atoms with E-state index in [-0.39, 0.29) is 0 Å². The Morgan fingerprint density at radius 2 is 1.36 bits per heavy atom. The van der Waals surface area contributed by atoms with Gasteiger partial charge in [0, 0.05) is 6.54 Å². The molecule has 0 spiro atoms. The van der Waals surface area contributed by atoms with Gasteiger partial charge in [-0.05, 0) is 12.8 Å². The average molecular weight is 331 g/mol. The van der Waals surface area contributed by atoms with Crippen LogP contribution in [-0.4, -0.2) is 20.2 Å². The van der Waals surface area contributed by atoms with Crippen LogP contribution in [0.25, 0.3) is 0 Å². The number of rotatable bonds is 15. The lowest BCUT2D eigenvalue weighted by atomic mass is 10.1. The van der Waals surface area contributed by atoms with Crippen LogP contribution in [0.5, 0.6) is 0 Å².